The molecule has 0 saturated carbocycles. The number of thioether (sulfide) groups is 1. The Hall–Kier alpha value is -1.25. The van der Waals surface area contributed by atoms with Crippen LogP contribution in [0, 0.1) is 0 Å². The molecule has 0 radical (unpaired) electrons. The maximum atomic E-state index is 3.62. The van der Waals surface area contributed by atoms with E-state index in [0.29, 0.717) is 6.04 Å². The van der Waals surface area contributed by atoms with Crippen molar-refractivity contribution in [1.29, 1.82) is 0 Å². The van der Waals surface area contributed by atoms with Crippen molar-refractivity contribution in [3.05, 3.63) is 60.2 Å². The lowest BCUT2D eigenvalue weighted by Crippen LogP contribution is -2.34. The Morgan fingerprint density at radius 3 is 2.26 bits per heavy atom. The summed E-state index contributed by atoms with van der Waals surface area (Å²) >= 11 is 2.06. The van der Waals surface area contributed by atoms with Crippen LogP contribution in [-0.2, 0) is 0 Å². The van der Waals surface area contributed by atoms with Gasteiger partial charge in [0.1, 0.15) is 0 Å². The predicted octanol–water partition coefficient (Wildman–Crippen LogP) is 4.12. The molecule has 0 aromatic heterocycles. The fourth-order valence-electron chi connectivity index (χ4n) is 2.44. The summed E-state index contributed by atoms with van der Waals surface area (Å²) in [6, 6.07) is 20.0. The van der Waals surface area contributed by atoms with E-state index in [2.05, 4.69) is 78.6 Å². The average molecular weight is 269 g/mol. The summed E-state index contributed by atoms with van der Waals surface area (Å²) in [4.78, 5) is 0. The van der Waals surface area contributed by atoms with Gasteiger partial charge in [-0.05, 0) is 16.7 Å². The van der Waals surface area contributed by atoms with Crippen LogP contribution in [0.5, 0.6) is 0 Å². The van der Waals surface area contributed by atoms with E-state index in [1.807, 2.05) is 0 Å². The van der Waals surface area contributed by atoms with Crippen LogP contribution in [0.25, 0.3) is 11.1 Å². The van der Waals surface area contributed by atoms with Gasteiger partial charge in [-0.1, -0.05) is 61.5 Å². The van der Waals surface area contributed by atoms with Crippen LogP contribution in [-0.4, -0.2) is 17.5 Å². The SMILES string of the molecule is CC1CNC(c2ccc(-c3ccccc3)cc2)CS1. The monoisotopic (exact) mass is 269 g/mol. The van der Waals surface area contributed by atoms with Gasteiger partial charge < -0.3 is 5.32 Å². The van der Waals surface area contributed by atoms with Crippen molar-refractivity contribution in [2.45, 2.75) is 18.2 Å². The summed E-state index contributed by atoms with van der Waals surface area (Å²) in [5, 5.41) is 4.36. The molecule has 2 unspecified atom stereocenters. The van der Waals surface area contributed by atoms with E-state index in [9.17, 15) is 0 Å². The van der Waals surface area contributed by atoms with Crippen molar-refractivity contribution in [2.24, 2.45) is 0 Å². The molecule has 1 aliphatic rings. The van der Waals surface area contributed by atoms with E-state index >= 15 is 0 Å². The van der Waals surface area contributed by atoms with Crippen molar-refractivity contribution in [3.63, 3.8) is 0 Å². The molecule has 1 N–H and O–H groups in total. The van der Waals surface area contributed by atoms with Crippen LogP contribution < -0.4 is 5.32 Å². The number of hydrogen-bond acceptors (Lipinski definition) is 2. The summed E-state index contributed by atoms with van der Waals surface area (Å²) in [6.45, 7) is 3.39. The molecule has 0 amide bonds. The summed E-state index contributed by atoms with van der Waals surface area (Å²) in [7, 11) is 0. The van der Waals surface area contributed by atoms with Gasteiger partial charge in [0.15, 0.2) is 0 Å². The highest BCUT2D eigenvalue weighted by Crippen LogP contribution is 2.27. The molecule has 2 atom stereocenters. The number of rotatable bonds is 2. The third-order valence-corrected chi connectivity index (χ3v) is 4.88. The minimum absolute atomic E-state index is 0.506. The molecule has 1 saturated heterocycles. The maximum absolute atomic E-state index is 3.62. The van der Waals surface area contributed by atoms with Crippen LogP contribution in [0.15, 0.2) is 54.6 Å². The Morgan fingerprint density at radius 1 is 0.947 bits per heavy atom. The molecule has 0 aliphatic carbocycles. The molecule has 2 aromatic rings. The van der Waals surface area contributed by atoms with Crippen molar-refractivity contribution in [2.75, 3.05) is 12.3 Å². The number of nitrogens with one attached hydrogen (secondary N) is 1. The normalized spacial score (nSPS) is 23.2. The number of hydrogen-bond donors (Lipinski definition) is 1. The molecule has 1 heterocycles. The van der Waals surface area contributed by atoms with Gasteiger partial charge in [0.2, 0.25) is 0 Å². The Kier molecular flexibility index (Phi) is 3.90. The fourth-order valence-corrected chi connectivity index (χ4v) is 3.48. The van der Waals surface area contributed by atoms with Crippen molar-refractivity contribution in [1.82, 2.24) is 5.32 Å². The van der Waals surface area contributed by atoms with E-state index in [0.717, 1.165) is 11.8 Å². The Balaban J connectivity index is 1.76. The summed E-state index contributed by atoms with van der Waals surface area (Å²) in [6.07, 6.45) is 0. The molecule has 98 valence electrons. The summed E-state index contributed by atoms with van der Waals surface area (Å²) in [5.74, 6) is 1.17. The maximum Gasteiger partial charge on any atom is 0.0412 e. The van der Waals surface area contributed by atoms with Gasteiger partial charge in [-0.2, -0.15) is 11.8 Å². The quantitative estimate of drug-likeness (QED) is 0.880. The van der Waals surface area contributed by atoms with E-state index < -0.39 is 0 Å². The lowest BCUT2D eigenvalue weighted by molar-refractivity contribution is 0.564. The van der Waals surface area contributed by atoms with Crippen LogP contribution in [0.1, 0.15) is 18.5 Å². The van der Waals surface area contributed by atoms with Gasteiger partial charge in [-0.3, -0.25) is 0 Å². The molecule has 0 bridgehead atoms. The first-order valence-corrected chi connectivity index (χ1v) is 7.88. The molecule has 1 aliphatic heterocycles. The zero-order valence-electron chi connectivity index (χ0n) is 11.2. The third kappa shape index (κ3) is 3.02. The largest absolute Gasteiger partial charge is 0.308 e. The second kappa shape index (κ2) is 5.81. The Morgan fingerprint density at radius 2 is 1.63 bits per heavy atom. The highest BCUT2D eigenvalue weighted by molar-refractivity contribution is 8.00. The van der Waals surface area contributed by atoms with Crippen molar-refractivity contribution in [3.8, 4) is 11.1 Å². The third-order valence-electron chi connectivity index (χ3n) is 3.62. The lowest BCUT2D eigenvalue weighted by atomic mass is 10.0. The smallest absolute Gasteiger partial charge is 0.0412 e. The first-order chi connectivity index (χ1) is 9.33. The molecule has 3 rings (SSSR count). The molecule has 1 fully saturated rings. The molecule has 2 heteroatoms. The standard InChI is InChI=1S/C17H19NS/c1-13-11-18-17(12-19-13)16-9-7-15(8-10-16)14-5-3-2-4-6-14/h2-10,13,17-18H,11-12H2,1H3. The van der Waals surface area contributed by atoms with Gasteiger partial charge in [0.25, 0.3) is 0 Å². The second-order valence-electron chi connectivity index (χ2n) is 5.09. The van der Waals surface area contributed by atoms with E-state index in [1.54, 1.807) is 0 Å². The van der Waals surface area contributed by atoms with E-state index in [4.69, 9.17) is 0 Å². The van der Waals surface area contributed by atoms with Crippen LogP contribution >= 0.6 is 11.8 Å². The number of benzene rings is 2. The first-order valence-electron chi connectivity index (χ1n) is 6.83. The minimum Gasteiger partial charge on any atom is -0.308 e. The van der Waals surface area contributed by atoms with Gasteiger partial charge in [0.05, 0.1) is 0 Å². The van der Waals surface area contributed by atoms with Crippen molar-refractivity contribution < 1.29 is 0 Å². The first kappa shape index (κ1) is 12.8. The van der Waals surface area contributed by atoms with Crippen LogP contribution in [0.4, 0.5) is 0 Å². The molecular weight excluding hydrogens is 250 g/mol. The van der Waals surface area contributed by atoms with E-state index in [-0.39, 0.29) is 0 Å². The molecule has 1 nitrogen and oxygen atoms in total. The van der Waals surface area contributed by atoms with Gasteiger partial charge in [-0.15, -0.1) is 0 Å². The molecule has 0 spiro atoms. The second-order valence-corrected chi connectivity index (χ2v) is 6.56. The summed E-state index contributed by atoms with van der Waals surface area (Å²) in [5.41, 5.74) is 3.98. The fraction of sp³-hybridized carbons (Fsp3) is 0.294. The Bertz CT molecular complexity index is 513. The van der Waals surface area contributed by atoms with Crippen LogP contribution in [0.3, 0.4) is 0 Å². The predicted molar refractivity (Wildman–Crippen MR) is 84.5 cm³/mol. The van der Waals surface area contributed by atoms with Crippen LogP contribution in [0.2, 0.25) is 0 Å². The topological polar surface area (TPSA) is 12.0 Å². The highest BCUT2D eigenvalue weighted by atomic mass is 32.2. The van der Waals surface area contributed by atoms with Gasteiger partial charge in [-0.25, -0.2) is 0 Å². The molecular formula is C17H19NS. The molecule has 19 heavy (non-hydrogen) atoms. The highest BCUT2D eigenvalue weighted by Gasteiger charge is 2.18. The lowest BCUT2D eigenvalue weighted by Gasteiger charge is -2.27. The zero-order valence-corrected chi connectivity index (χ0v) is 12.0. The average Bonchev–Trinajstić information content (AvgIpc) is 2.49. The minimum atomic E-state index is 0.506. The summed E-state index contributed by atoms with van der Waals surface area (Å²) < 4.78 is 0. The van der Waals surface area contributed by atoms with E-state index in [1.165, 1.54) is 22.4 Å². The van der Waals surface area contributed by atoms with Crippen molar-refractivity contribution >= 4 is 11.8 Å². The zero-order chi connectivity index (χ0) is 13.1. The Labute approximate surface area is 119 Å². The van der Waals surface area contributed by atoms with Gasteiger partial charge in [0, 0.05) is 23.6 Å². The van der Waals surface area contributed by atoms with Gasteiger partial charge >= 0.3 is 0 Å². The molecule has 2 aromatic carbocycles.